The maximum atomic E-state index is 4.98. The van der Waals surface area contributed by atoms with E-state index in [1.54, 1.807) is 0 Å². The van der Waals surface area contributed by atoms with Crippen LogP contribution in [0.15, 0.2) is 84.9 Å². The molecule has 2 unspecified atom stereocenters. The van der Waals surface area contributed by atoms with Crippen molar-refractivity contribution in [2.75, 3.05) is 37.6 Å². The van der Waals surface area contributed by atoms with Crippen LogP contribution in [-0.2, 0) is 0 Å². The number of likely N-dealkylation sites (tertiary alicyclic amines) is 1. The van der Waals surface area contributed by atoms with Crippen LogP contribution in [0.25, 0.3) is 10.2 Å². The van der Waals surface area contributed by atoms with Gasteiger partial charge in [-0.15, -0.1) is 0 Å². The zero-order valence-electron chi connectivity index (χ0n) is 19.0. The molecule has 4 heteroatoms. The molecule has 2 atom stereocenters. The van der Waals surface area contributed by atoms with Crippen molar-refractivity contribution in [3.63, 3.8) is 0 Å². The molecule has 4 aromatic rings. The highest BCUT2D eigenvalue weighted by molar-refractivity contribution is 7.22. The van der Waals surface area contributed by atoms with Gasteiger partial charge in [-0.2, -0.15) is 0 Å². The van der Waals surface area contributed by atoms with E-state index in [2.05, 4.69) is 94.7 Å². The Morgan fingerprint density at radius 3 is 2.15 bits per heavy atom. The summed E-state index contributed by atoms with van der Waals surface area (Å²) in [5, 5.41) is 1.18. The number of anilines is 1. The average Bonchev–Trinajstić information content (AvgIpc) is 3.50. The molecule has 6 rings (SSSR count). The van der Waals surface area contributed by atoms with Gasteiger partial charge in [0.25, 0.3) is 0 Å². The molecule has 3 aromatic carbocycles. The number of nitrogens with zero attached hydrogens (tertiary/aromatic N) is 3. The van der Waals surface area contributed by atoms with Gasteiger partial charge in [0, 0.05) is 25.6 Å². The van der Waals surface area contributed by atoms with Gasteiger partial charge in [-0.25, -0.2) is 4.98 Å². The first-order valence-corrected chi connectivity index (χ1v) is 13.1. The lowest BCUT2D eigenvalue weighted by molar-refractivity contribution is 0.182. The summed E-state index contributed by atoms with van der Waals surface area (Å²) in [6, 6.07) is 30.8. The molecule has 0 bridgehead atoms. The number of para-hydroxylation sites is 1. The van der Waals surface area contributed by atoms with Crippen molar-refractivity contribution in [1.29, 1.82) is 0 Å². The number of benzene rings is 3. The van der Waals surface area contributed by atoms with Gasteiger partial charge in [-0.1, -0.05) is 84.1 Å². The zero-order chi connectivity index (χ0) is 22.0. The number of piperidine rings is 1. The number of hydrogen-bond acceptors (Lipinski definition) is 4. The minimum absolute atomic E-state index is 0.560. The molecule has 1 aromatic heterocycles. The largest absolute Gasteiger partial charge is 0.347 e. The molecular weight excluding hydrogens is 422 g/mol. The van der Waals surface area contributed by atoms with Crippen molar-refractivity contribution < 1.29 is 0 Å². The quantitative estimate of drug-likeness (QED) is 0.349. The molecule has 2 saturated heterocycles. The van der Waals surface area contributed by atoms with Crippen LogP contribution in [0.3, 0.4) is 0 Å². The van der Waals surface area contributed by atoms with E-state index in [0.29, 0.717) is 11.8 Å². The van der Waals surface area contributed by atoms with E-state index in [0.717, 1.165) is 24.5 Å². The molecule has 2 aliphatic rings. The Morgan fingerprint density at radius 1 is 0.758 bits per heavy atom. The Bertz CT molecular complexity index is 1150. The third-order valence-electron chi connectivity index (χ3n) is 7.57. The minimum Gasteiger partial charge on any atom is -0.347 e. The summed E-state index contributed by atoms with van der Waals surface area (Å²) < 4.78 is 1.29. The average molecular weight is 454 g/mol. The fourth-order valence-electron chi connectivity index (χ4n) is 5.79. The predicted molar refractivity (Wildman–Crippen MR) is 139 cm³/mol. The van der Waals surface area contributed by atoms with E-state index in [1.165, 1.54) is 53.4 Å². The van der Waals surface area contributed by atoms with Crippen LogP contribution >= 0.6 is 11.3 Å². The van der Waals surface area contributed by atoms with Crippen molar-refractivity contribution in [2.24, 2.45) is 5.92 Å². The number of fused-ring (bicyclic) bond motifs is 1. The van der Waals surface area contributed by atoms with Crippen LogP contribution in [0.1, 0.15) is 35.8 Å². The normalized spacial score (nSPS) is 22.2. The van der Waals surface area contributed by atoms with Gasteiger partial charge >= 0.3 is 0 Å². The van der Waals surface area contributed by atoms with Gasteiger partial charge in [0.05, 0.1) is 10.2 Å². The fraction of sp³-hybridized carbons (Fsp3) is 0.345. The smallest absolute Gasteiger partial charge is 0.186 e. The van der Waals surface area contributed by atoms with E-state index in [4.69, 9.17) is 4.98 Å². The van der Waals surface area contributed by atoms with Crippen LogP contribution < -0.4 is 4.90 Å². The highest BCUT2D eigenvalue weighted by atomic mass is 32.1. The monoisotopic (exact) mass is 453 g/mol. The first kappa shape index (κ1) is 20.9. The van der Waals surface area contributed by atoms with Crippen molar-refractivity contribution in [2.45, 2.75) is 24.7 Å². The molecule has 3 nitrogen and oxygen atoms in total. The van der Waals surface area contributed by atoms with Gasteiger partial charge in [0.15, 0.2) is 5.13 Å². The minimum atomic E-state index is 0.560. The topological polar surface area (TPSA) is 19.4 Å². The lowest BCUT2D eigenvalue weighted by atomic mass is 9.86. The molecular formula is C29H31N3S. The Kier molecular flexibility index (Phi) is 5.87. The zero-order valence-corrected chi connectivity index (χ0v) is 19.8. The third-order valence-corrected chi connectivity index (χ3v) is 8.67. The van der Waals surface area contributed by atoms with E-state index in [-0.39, 0.29) is 0 Å². The van der Waals surface area contributed by atoms with E-state index < -0.39 is 0 Å². The Balaban J connectivity index is 1.18. The summed E-state index contributed by atoms with van der Waals surface area (Å²) in [6.45, 7) is 5.76. The number of hydrogen-bond donors (Lipinski definition) is 0. The molecule has 33 heavy (non-hydrogen) atoms. The lowest BCUT2D eigenvalue weighted by Gasteiger charge is -2.34. The van der Waals surface area contributed by atoms with Gasteiger partial charge in [-0.3, -0.25) is 0 Å². The predicted octanol–water partition coefficient (Wildman–Crippen LogP) is 6.40. The molecule has 2 fully saturated rings. The molecule has 0 N–H and O–H groups in total. The highest BCUT2D eigenvalue weighted by Crippen LogP contribution is 2.39. The van der Waals surface area contributed by atoms with Crippen molar-refractivity contribution >= 4 is 26.7 Å². The SMILES string of the molecule is c1ccc(C2CCN(CC3CN(c4nc5ccccc5s4)CC3c3ccccc3)CC2)cc1. The van der Waals surface area contributed by atoms with Gasteiger partial charge < -0.3 is 9.80 Å². The number of rotatable bonds is 5. The summed E-state index contributed by atoms with van der Waals surface area (Å²) in [5.74, 6) is 1.91. The highest BCUT2D eigenvalue weighted by Gasteiger charge is 2.36. The van der Waals surface area contributed by atoms with Crippen LogP contribution in [0, 0.1) is 5.92 Å². The molecule has 0 saturated carbocycles. The van der Waals surface area contributed by atoms with Gasteiger partial charge in [0.2, 0.25) is 0 Å². The fourth-order valence-corrected chi connectivity index (χ4v) is 6.78. The standard InChI is InChI=1S/C29H31N3S/c1-3-9-22(10-4-1)23-15-17-31(18-16-23)19-25-20-32(21-26(25)24-11-5-2-6-12-24)29-30-27-13-7-8-14-28(27)33-29/h1-14,23,25-26H,15-21H2. The molecule has 3 heterocycles. The summed E-state index contributed by atoms with van der Waals surface area (Å²) in [7, 11) is 0. The molecule has 0 spiro atoms. The van der Waals surface area contributed by atoms with Crippen LogP contribution in [0.2, 0.25) is 0 Å². The van der Waals surface area contributed by atoms with Crippen molar-refractivity contribution in [1.82, 2.24) is 9.88 Å². The second-order valence-corrected chi connectivity index (χ2v) is 10.6. The van der Waals surface area contributed by atoms with Crippen LogP contribution in [0.4, 0.5) is 5.13 Å². The van der Waals surface area contributed by atoms with Crippen LogP contribution in [-0.4, -0.2) is 42.6 Å². The Morgan fingerprint density at radius 2 is 1.42 bits per heavy atom. The number of aromatic nitrogens is 1. The Labute approximate surface area is 200 Å². The lowest BCUT2D eigenvalue weighted by Crippen LogP contribution is -2.38. The number of thiazole rings is 1. The van der Waals surface area contributed by atoms with E-state index >= 15 is 0 Å². The maximum Gasteiger partial charge on any atom is 0.186 e. The molecule has 0 radical (unpaired) electrons. The van der Waals surface area contributed by atoms with E-state index in [1.807, 2.05) is 11.3 Å². The third kappa shape index (κ3) is 4.42. The maximum absolute atomic E-state index is 4.98. The van der Waals surface area contributed by atoms with E-state index in [9.17, 15) is 0 Å². The summed E-state index contributed by atoms with van der Waals surface area (Å²) >= 11 is 1.84. The first-order valence-electron chi connectivity index (χ1n) is 12.3. The Hall–Kier alpha value is -2.69. The molecule has 168 valence electrons. The summed E-state index contributed by atoms with van der Waals surface area (Å²) in [4.78, 5) is 10.2. The van der Waals surface area contributed by atoms with Gasteiger partial charge in [-0.05, 0) is 61.0 Å². The summed E-state index contributed by atoms with van der Waals surface area (Å²) in [5.41, 5.74) is 4.12. The van der Waals surface area contributed by atoms with Gasteiger partial charge in [0.1, 0.15) is 0 Å². The molecule has 0 aliphatic carbocycles. The van der Waals surface area contributed by atoms with Crippen LogP contribution in [0.5, 0.6) is 0 Å². The van der Waals surface area contributed by atoms with Crippen molar-refractivity contribution in [3.05, 3.63) is 96.1 Å². The second kappa shape index (κ2) is 9.28. The second-order valence-electron chi connectivity index (χ2n) is 9.63. The summed E-state index contributed by atoms with van der Waals surface area (Å²) in [6.07, 6.45) is 2.54. The first-order chi connectivity index (χ1) is 16.3. The molecule has 2 aliphatic heterocycles. The molecule has 0 amide bonds. The van der Waals surface area contributed by atoms with Crippen molar-refractivity contribution in [3.8, 4) is 0 Å².